The van der Waals surface area contributed by atoms with Crippen LogP contribution in [0.4, 0.5) is 17.6 Å². The van der Waals surface area contributed by atoms with Gasteiger partial charge in [0.15, 0.2) is 0 Å². The van der Waals surface area contributed by atoms with Crippen LogP contribution >= 0.6 is 0 Å². The van der Waals surface area contributed by atoms with E-state index in [0.29, 0.717) is 0 Å². The first-order valence-corrected chi connectivity index (χ1v) is 8.23. The Kier molecular flexibility index (Phi) is 6.97. The lowest BCUT2D eigenvalue weighted by Gasteiger charge is -2.17. The number of carbonyl (C=O) groups excluding carboxylic acids is 1. The number of benzene rings is 2. The van der Waals surface area contributed by atoms with Crippen molar-refractivity contribution in [3.05, 3.63) is 65.5 Å². The van der Waals surface area contributed by atoms with Crippen molar-refractivity contribution in [1.82, 2.24) is 5.32 Å². The number of halogens is 4. The lowest BCUT2D eigenvalue weighted by atomic mass is 10.0. The highest BCUT2D eigenvalue weighted by atomic mass is 19.4. The molecule has 2 rings (SSSR count). The maximum atomic E-state index is 12.9. The van der Waals surface area contributed by atoms with Gasteiger partial charge in [0.25, 0.3) is 5.91 Å². The molecule has 0 aromatic heterocycles. The SMILES string of the molecule is O=C(NCC(Oc1ccc(F)cc1)C(=O)O)c1ccccc1CCC(F)(F)F. The largest absolute Gasteiger partial charge is 0.478 e. The molecule has 0 heterocycles. The summed E-state index contributed by atoms with van der Waals surface area (Å²) in [7, 11) is 0. The van der Waals surface area contributed by atoms with Crippen LogP contribution < -0.4 is 10.1 Å². The molecule has 0 aliphatic rings. The molecule has 0 spiro atoms. The number of hydrogen-bond donors (Lipinski definition) is 2. The van der Waals surface area contributed by atoms with Crippen LogP contribution in [0.15, 0.2) is 48.5 Å². The molecule has 2 aromatic rings. The summed E-state index contributed by atoms with van der Waals surface area (Å²) in [5.41, 5.74) is 0.223. The van der Waals surface area contributed by atoms with E-state index in [1.165, 1.54) is 36.4 Å². The van der Waals surface area contributed by atoms with E-state index in [0.717, 1.165) is 12.1 Å². The number of nitrogens with one attached hydrogen (secondary N) is 1. The summed E-state index contributed by atoms with van der Waals surface area (Å²) in [4.78, 5) is 23.6. The Bertz CT molecular complexity index is 821. The fourth-order valence-electron chi connectivity index (χ4n) is 2.37. The zero-order valence-corrected chi connectivity index (χ0v) is 14.5. The van der Waals surface area contributed by atoms with E-state index in [1.54, 1.807) is 0 Å². The zero-order chi connectivity index (χ0) is 20.7. The van der Waals surface area contributed by atoms with Gasteiger partial charge in [-0.15, -0.1) is 0 Å². The van der Waals surface area contributed by atoms with E-state index in [9.17, 15) is 32.3 Å². The maximum absolute atomic E-state index is 12.9. The molecule has 9 heteroatoms. The summed E-state index contributed by atoms with van der Waals surface area (Å²) in [5.74, 6) is -2.52. The number of aryl methyl sites for hydroxylation is 1. The molecule has 1 amide bonds. The predicted molar refractivity (Wildman–Crippen MR) is 91.6 cm³/mol. The molecule has 150 valence electrons. The monoisotopic (exact) mass is 399 g/mol. The Balaban J connectivity index is 2.03. The van der Waals surface area contributed by atoms with Gasteiger partial charge in [0.05, 0.1) is 6.54 Å². The van der Waals surface area contributed by atoms with Crippen LogP contribution in [0.2, 0.25) is 0 Å². The van der Waals surface area contributed by atoms with E-state index in [1.807, 2.05) is 0 Å². The Morgan fingerprint density at radius 1 is 1.07 bits per heavy atom. The van der Waals surface area contributed by atoms with Gasteiger partial charge < -0.3 is 15.2 Å². The number of carboxylic acid groups (broad SMARTS) is 1. The molecule has 2 aromatic carbocycles. The Hall–Kier alpha value is -3.10. The van der Waals surface area contributed by atoms with Crippen molar-refractivity contribution in [3.63, 3.8) is 0 Å². The third-order valence-electron chi connectivity index (χ3n) is 3.76. The van der Waals surface area contributed by atoms with Gasteiger partial charge in [0.2, 0.25) is 6.10 Å². The van der Waals surface area contributed by atoms with Crippen molar-refractivity contribution in [2.75, 3.05) is 6.54 Å². The van der Waals surface area contributed by atoms with Gasteiger partial charge in [-0.05, 0) is 42.3 Å². The zero-order valence-electron chi connectivity index (χ0n) is 14.5. The van der Waals surface area contributed by atoms with E-state index < -0.39 is 42.9 Å². The number of aliphatic carboxylic acids is 1. The first-order chi connectivity index (χ1) is 13.2. The van der Waals surface area contributed by atoms with Crippen molar-refractivity contribution in [2.45, 2.75) is 25.1 Å². The fraction of sp³-hybridized carbons (Fsp3) is 0.263. The van der Waals surface area contributed by atoms with E-state index >= 15 is 0 Å². The van der Waals surface area contributed by atoms with Crippen LogP contribution in [0.5, 0.6) is 5.75 Å². The van der Waals surface area contributed by atoms with Crippen LogP contribution in [0, 0.1) is 5.82 Å². The van der Waals surface area contributed by atoms with Crippen LogP contribution in [0.3, 0.4) is 0 Å². The number of hydrogen-bond acceptors (Lipinski definition) is 3. The standard InChI is InChI=1S/C19H17F4NO4/c20-13-5-7-14(8-6-13)28-16(18(26)27)11-24-17(25)15-4-2-1-3-12(15)9-10-19(21,22)23/h1-8,16H,9-11H2,(H,24,25)(H,26,27). The smallest absolute Gasteiger partial charge is 0.389 e. The van der Waals surface area contributed by atoms with Gasteiger partial charge in [0, 0.05) is 12.0 Å². The normalized spacial score (nSPS) is 12.3. The third-order valence-corrected chi connectivity index (χ3v) is 3.76. The second-order valence-electron chi connectivity index (χ2n) is 5.88. The molecule has 0 saturated carbocycles. The van der Waals surface area contributed by atoms with Gasteiger partial charge in [-0.1, -0.05) is 18.2 Å². The number of alkyl halides is 3. The molecule has 0 saturated heterocycles. The van der Waals surface area contributed by atoms with Crippen molar-refractivity contribution in [2.24, 2.45) is 0 Å². The molecule has 2 N–H and O–H groups in total. The Morgan fingerprint density at radius 3 is 2.32 bits per heavy atom. The highest BCUT2D eigenvalue weighted by Crippen LogP contribution is 2.23. The number of amides is 1. The van der Waals surface area contributed by atoms with E-state index in [2.05, 4.69) is 5.32 Å². The lowest BCUT2D eigenvalue weighted by molar-refractivity contribution is -0.144. The second-order valence-corrected chi connectivity index (χ2v) is 5.88. The first kappa shape index (κ1) is 21.2. The average Bonchev–Trinajstić information content (AvgIpc) is 2.64. The number of carboxylic acids is 1. The van der Waals surface area contributed by atoms with Gasteiger partial charge in [-0.3, -0.25) is 4.79 Å². The molecule has 0 bridgehead atoms. The Morgan fingerprint density at radius 2 is 1.71 bits per heavy atom. The summed E-state index contributed by atoms with van der Waals surface area (Å²) in [6.45, 7) is -0.431. The van der Waals surface area contributed by atoms with E-state index in [-0.39, 0.29) is 23.3 Å². The minimum atomic E-state index is -4.36. The second kappa shape index (κ2) is 9.20. The Labute approximate surface area is 157 Å². The quantitative estimate of drug-likeness (QED) is 0.666. The van der Waals surface area contributed by atoms with Gasteiger partial charge in [-0.25, -0.2) is 9.18 Å². The highest BCUT2D eigenvalue weighted by Gasteiger charge is 2.27. The summed E-state index contributed by atoms with van der Waals surface area (Å²) in [6, 6.07) is 10.4. The summed E-state index contributed by atoms with van der Waals surface area (Å²) in [5, 5.41) is 11.6. The van der Waals surface area contributed by atoms with E-state index in [4.69, 9.17) is 4.74 Å². The van der Waals surface area contributed by atoms with Gasteiger partial charge in [-0.2, -0.15) is 13.2 Å². The molecule has 1 unspecified atom stereocenters. The molecular weight excluding hydrogens is 382 g/mol. The van der Waals surface area contributed by atoms with Gasteiger partial charge >= 0.3 is 12.1 Å². The minimum Gasteiger partial charge on any atom is -0.478 e. The van der Waals surface area contributed by atoms with Crippen molar-refractivity contribution in [3.8, 4) is 5.75 Å². The van der Waals surface area contributed by atoms with Crippen LogP contribution in [0.1, 0.15) is 22.3 Å². The lowest BCUT2D eigenvalue weighted by Crippen LogP contribution is -2.40. The predicted octanol–water partition coefficient (Wildman–Crippen LogP) is 3.58. The molecular formula is C19H17F4NO4. The molecule has 0 aliphatic carbocycles. The summed E-state index contributed by atoms with van der Waals surface area (Å²) in [6.07, 6.45) is -7.28. The molecule has 28 heavy (non-hydrogen) atoms. The average molecular weight is 399 g/mol. The van der Waals surface area contributed by atoms with Crippen LogP contribution in [-0.4, -0.2) is 35.8 Å². The molecule has 0 radical (unpaired) electrons. The molecule has 0 aliphatic heterocycles. The van der Waals surface area contributed by atoms with Crippen molar-refractivity contribution in [1.29, 1.82) is 0 Å². The van der Waals surface area contributed by atoms with Crippen molar-refractivity contribution >= 4 is 11.9 Å². The summed E-state index contributed by atoms with van der Waals surface area (Å²) < 4.78 is 55.4. The molecule has 5 nitrogen and oxygen atoms in total. The number of rotatable bonds is 8. The van der Waals surface area contributed by atoms with Gasteiger partial charge in [0.1, 0.15) is 11.6 Å². The third kappa shape index (κ3) is 6.57. The van der Waals surface area contributed by atoms with Crippen LogP contribution in [0.25, 0.3) is 0 Å². The maximum Gasteiger partial charge on any atom is 0.389 e. The number of carbonyl (C=O) groups is 2. The number of ether oxygens (including phenoxy) is 1. The van der Waals surface area contributed by atoms with Crippen LogP contribution in [-0.2, 0) is 11.2 Å². The van der Waals surface area contributed by atoms with Crippen molar-refractivity contribution < 1.29 is 37.0 Å². The fourth-order valence-corrected chi connectivity index (χ4v) is 2.37. The molecule has 1 atom stereocenters. The summed E-state index contributed by atoms with van der Waals surface area (Å²) >= 11 is 0. The topological polar surface area (TPSA) is 75.6 Å². The highest BCUT2D eigenvalue weighted by molar-refractivity contribution is 5.96. The first-order valence-electron chi connectivity index (χ1n) is 8.23. The minimum absolute atomic E-state index is 0.0256. The molecule has 0 fully saturated rings.